The van der Waals surface area contributed by atoms with Crippen LogP contribution in [0, 0.1) is 0 Å². The quantitative estimate of drug-likeness (QED) is 0.347. The summed E-state index contributed by atoms with van der Waals surface area (Å²) in [4.78, 5) is 11.2. The summed E-state index contributed by atoms with van der Waals surface area (Å²) in [6, 6.07) is 2.64. The third-order valence-corrected chi connectivity index (χ3v) is 2.01. The van der Waals surface area contributed by atoms with Crippen LogP contribution in [0.1, 0.15) is 10.4 Å². The van der Waals surface area contributed by atoms with Crippen LogP contribution >= 0.6 is 23.2 Å². The number of phenolic OH excluding ortho intramolecular Hbond substituents is 1. The van der Waals surface area contributed by atoms with Crippen molar-refractivity contribution in [3.05, 3.63) is 22.7 Å². The van der Waals surface area contributed by atoms with Crippen LogP contribution in [0.2, 0.25) is 5.02 Å². The predicted molar refractivity (Wildman–Crippen MR) is 52.6 cm³/mol. The number of aromatic hydroxyl groups is 1. The van der Waals surface area contributed by atoms with E-state index in [4.69, 9.17) is 28.9 Å². The Hall–Kier alpha value is -0.930. The molecule has 0 aliphatic carbocycles. The first-order valence-corrected chi connectivity index (χ1v) is 4.34. The summed E-state index contributed by atoms with van der Waals surface area (Å²) in [6.07, 6.45) is 0. The van der Waals surface area contributed by atoms with E-state index in [0.717, 1.165) is 0 Å². The zero-order chi connectivity index (χ0) is 10.0. The fraction of sp³-hybridized carbons (Fsp3) is 0.125. The molecule has 1 aromatic carbocycles. The van der Waals surface area contributed by atoms with Crippen molar-refractivity contribution in [1.82, 2.24) is 0 Å². The summed E-state index contributed by atoms with van der Waals surface area (Å²) in [5.41, 5.74) is 5.60. The molecule has 1 aromatic rings. The van der Waals surface area contributed by atoms with Gasteiger partial charge in [0.25, 0.3) is 0 Å². The Morgan fingerprint density at radius 3 is 2.69 bits per heavy atom. The van der Waals surface area contributed by atoms with Gasteiger partial charge < -0.3 is 10.8 Å². The first kappa shape index (κ1) is 10.2. The number of hydrogen-bond donors (Lipinski definition) is 2. The largest absolute Gasteiger partial charge is 0.506 e. The lowest BCUT2D eigenvalue weighted by Gasteiger charge is -2.05. The number of halogens is 2. The first-order valence-electron chi connectivity index (χ1n) is 3.43. The fourth-order valence-electron chi connectivity index (χ4n) is 0.906. The van der Waals surface area contributed by atoms with E-state index in [1.54, 1.807) is 0 Å². The average molecular weight is 220 g/mol. The van der Waals surface area contributed by atoms with E-state index in [0.29, 0.717) is 0 Å². The van der Waals surface area contributed by atoms with Gasteiger partial charge in [0.05, 0.1) is 11.6 Å². The minimum absolute atomic E-state index is 0.00931. The summed E-state index contributed by atoms with van der Waals surface area (Å²) < 4.78 is 0. The van der Waals surface area contributed by atoms with Gasteiger partial charge in [-0.25, -0.2) is 0 Å². The van der Waals surface area contributed by atoms with Gasteiger partial charge in [-0.15, -0.1) is 11.6 Å². The molecular weight excluding hydrogens is 213 g/mol. The number of hydrogen-bond acceptors (Lipinski definition) is 3. The van der Waals surface area contributed by atoms with Crippen LogP contribution in [0.25, 0.3) is 0 Å². The molecule has 0 saturated heterocycles. The number of anilines is 1. The van der Waals surface area contributed by atoms with Crippen LogP contribution in [0.5, 0.6) is 5.75 Å². The number of Topliss-reactive ketones (excluding diaryl/α,β-unsaturated/α-hetero) is 1. The minimum atomic E-state index is -0.364. The van der Waals surface area contributed by atoms with Crippen LogP contribution in [0.4, 0.5) is 5.69 Å². The fourth-order valence-corrected chi connectivity index (χ4v) is 1.26. The summed E-state index contributed by atoms with van der Waals surface area (Å²) in [5, 5.41) is 9.47. The van der Waals surface area contributed by atoms with Crippen LogP contribution in [0.3, 0.4) is 0 Å². The van der Waals surface area contributed by atoms with E-state index < -0.39 is 0 Å². The molecular formula is C8H7Cl2NO2. The van der Waals surface area contributed by atoms with Gasteiger partial charge in [-0.2, -0.15) is 0 Å². The van der Waals surface area contributed by atoms with Crippen LogP contribution in [-0.4, -0.2) is 16.8 Å². The Morgan fingerprint density at radius 2 is 2.15 bits per heavy atom. The number of carbonyl (C=O) groups is 1. The number of rotatable bonds is 2. The van der Waals surface area contributed by atoms with Gasteiger partial charge in [0.2, 0.25) is 0 Å². The molecule has 0 aliphatic heterocycles. The predicted octanol–water partition coefficient (Wildman–Crippen LogP) is 2.05. The standard InChI is InChI=1S/C8H7Cl2NO2/c9-3-7(13)5-1-4(10)2-6(12)8(5)11/h1-2,12H,3,11H2. The number of phenols is 1. The molecule has 0 heterocycles. The third kappa shape index (κ3) is 2.05. The Balaban J connectivity index is 3.28. The van der Waals surface area contributed by atoms with Crippen molar-refractivity contribution in [3.8, 4) is 5.75 Å². The van der Waals surface area contributed by atoms with E-state index >= 15 is 0 Å². The first-order chi connectivity index (χ1) is 6.06. The highest BCUT2D eigenvalue weighted by molar-refractivity contribution is 6.33. The summed E-state index contributed by atoms with van der Waals surface area (Å²) >= 11 is 10.9. The molecule has 0 fully saturated rings. The van der Waals surface area contributed by atoms with Gasteiger partial charge in [0, 0.05) is 16.7 Å². The highest BCUT2D eigenvalue weighted by Crippen LogP contribution is 2.28. The highest BCUT2D eigenvalue weighted by atomic mass is 35.5. The molecule has 0 atom stereocenters. The lowest BCUT2D eigenvalue weighted by atomic mass is 10.1. The second-order valence-corrected chi connectivity index (χ2v) is 3.15. The number of benzene rings is 1. The zero-order valence-electron chi connectivity index (χ0n) is 6.55. The zero-order valence-corrected chi connectivity index (χ0v) is 8.06. The van der Waals surface area contributed by atoms with Crippen molar-refractivity contribution in [2.45, 2.75) is 0 Å². The summed E-state index contributed by atoms with van der Waals surface area (Å²) in [7, 11) is 0. The van der Waals surface area contributed by atoms with E-state index in [-0.39, 0.29) is 33.7 Å². The Kier molecular flexibility index (Phi) is 3.01. The molecule has 0 radical (unpaired) electrons. The number of carbonyl (C=O) groups excluding carboxylic acids is 1. The lowest BCUT2D eigenvalue weighted by molar-refractivity contribution is 0.102. The molecule has 0 aliphatic rings. The normalized spacial score (nSPS) is 10.0. The third-order valence-electron chi connectivity index (χ3n) is 1.54. The van der Waals surface area contributed by atoms with E-state index in [1.165, 1.54) is 12.1 Å². The molecule has 0 saturated carbocycles. The monoisotopic (exact) mass is 219 g/mol. The Bertz CT molecular complexity index is 352. The van der Waals surface area contributed by atoms with E-state index in [1.807, 2.05) is 0 Å². The van der Waals surface area contributed by atoms with Crippen molar-refractivity contribution in [2.24, 2.45) is 0 Å². The van der Waals surface area contributed by atoms with Crippen molar-refractivity contribution in [2.75, 3.05) is 11.6 Å². The van der Waals surface area contributed by atoms with Gasteiger partial charge in [0.15, 0.2) is 5.78 Å². The number of nitrogen functional groups attached to an aromatic ring is 1. The SMILES string of the molecule is Nc1c(O)cc(Cl)cc1C(=O)CCl. The molecule has 3 N–H and O–H groups in total. The van der Waals surface area contributed by atoms with Gasteiger partial charge in [0.1, 0.15) is 5.75 Å². The molecule has 0 amide bonds. The Morgan fingerprint density at radius 1 is 1.54 bits per heavy atom. The number of nitrogens with two attached hydrogens (primary N) is 1. The van der Waals surface area contributed by atoms with Crippen LogP contribution < -0.4 is 5.73 Å². The summed E-state index contributed by atoms with van der Waals surface area (Å²) in [6.45, 7) is 0. The molecule has 0 bridgehead atoms. The lowest BCUT2D eigenvalue weighted by Crippen LogP contribution is -2.05. The average Bonchev–Trinajstić information content (AvgIpc) is 2.10. The topological polar surface area (TPSA) is 63.3 Å². The van der Waals surface area contributed by atoms with E-state index in [9.17, 15) is 9.90 Å². The minimum Gasteiger partial charge on any atom is -0.506 e. The molecule has 3 nitrogen and oxygen atoms in total. The van der Waals surface area contributed by atoms with Crippen molar-refractivity contribution in [3.63, 3.8) is 0 Å². The van der Waals surface area contributed by atoms with Gasteiger partial charge in [-0.05, 0) is 6.07 Å². The van der Waals surface area contributed by atoms with Gasteiger partial charge >= 0.3 is 0 Å². The molecule has 1 rings (SSSR count). The second kappa shape index (κ2) is 3.85. The van der Waals surface area contributed by atoms with E-state index in [2.05, 4.69) is 0 Å². The number of ketones is 1. The number of alkyl halides is 1. The van der Waals surface area contributed by atoms with Crippen molar-refractivity contribution >= 4 is 34.7 Å². The molecule has 5 heteroatoms. The molecule has 0 aromatic heterocycles. The molecule has 70 valence electrons. The second-order valence-electron chi connectivity index (χ2n) is 2.44. The van der Waals surface area contributed by atoms with Crippen LogP contribution in [-0.2, 0) is 0 Å². The smallest absolute Gasteiger partial charge is 0.179 e. The maximum atomic E-state index is 11.2. The van der Waals surface area contributed by atoms with Gasteiger partial charge in [-0.1, -0.05) is 11.6 Å². The van der Waals surface area contributed by atoms with Crippen molar-refractivity contribution < 1.29 is 9.90 Å². The molecule has 0 spiro atoms. The van der Waals surface area contributed by atoms with Gasteiger partial charge in [-0.3, -0.25) is 4.79 Å². The van der Waals surface area contributed by atoms with Crippen LogP contribution in [0.15, 0.2) is 12.1 Å². The maximum Gasteiger partial charge on any atom is 0.179 e. The van der Waals surface area contributed by atoms with Crippen molar-refractivity contribution in [1.29, 1.82) is 0 Å². The molecule has 0 unspecified atom stereocenters. The maximum absolute atomic E-state index is 11.2. The Labute approximate surface area is 85.1 Å². The highest BCUT2D eigenvalue weighted by Gasteiger charge is 2.12. The molecule has 13 heavy (non-hydrogen) atoms. The summed E-state index contributed by atoms with van der Waals surface area (Å²) in [5.74, 6) is -0.762.